The predicted octanol–water partition coefficient (Wildman–Crippen LogP) is 4.23. The molecule has 15 heteroatoms. The Hall–Kier alpha value is -3.07. The second-order valence-corrected chi connectivity index (χ2v) is 8.54. The highest BCUT2D eigenvalue weighted by Gasteiger charge is 2.38. The standard InChI is InChI=1S/C18H28N4O.2C2HF3O2/c1-14-18(15(2)20-19-14)13-21(3)10-16-6-4-8-22(11-16)12-17-7-5-9-23-17;2*3-2(4,5)1(6)7/h5,7,9,16H,4,6,8,10-13H2,1-3H3,(H,19,20);2*(H,6,7). The van der Waals surface area contributed by atoms with Gasteiger partial charge in [-0.3, -0.25) is 10.00 Å². The molecule has 1 atom stereocenters. The number of nitrogens with one attached hydrogen (secondary N) is 1. The Morgan fingerprint density at radius 1 is 1.16 bits per heavy atom. The minimum atomic E-state index is -5.08. The molecule has 0 radical (unpaired) electrons. The van der Waals surface area contributed by atoms with Crippen molar-refractivity contribution in [3.8, 4) is 0 Å². The molecule has 0 aromatic carbocycles. The van der Waals surface area contributed by atoms with Gasteiger partial charge in [0.25, 0.3) is 0 Å². The Bertz CT molecular complexity index is 932. The van der Waals surface area contributed by atoms with Gasteiger partial charge in [0.15, 0.2) is 0 Å². The van der Waals surface area contributed by atoms with E-state index in [1.165, 1.54) is 30.6 Å². The molecule has 3 rings (SSSR count). The summed E-state index contributed by atoms with van der Waals surface area (Å²) >= 11 is 0. The molecule has 0 amide bonds. The van der Waals surface area contributed by atoms with E-state index < -0.39 is 24.3 Å². The van der Waals surface area contributed by atoms with E-state index in [2.05, 4.69) is 47.0 Å². The average molecular weight is 544 g/mol. The SMILES string of the molecule is Cc1n[nH]c(C)c1CN(C)CC1CCCN(Cc2ccco2)C1.O=C(O)C(F)(F)F.O=C(O)C(F)(F)F. The molecule has 1 fully saturated rings. The average Bonchev–Trinajstić information content (AvgIpc) is 3.39. The third-order valence-electron chi connectivity index (χ3n) is 5.33. The summed E-state index contributed by atoms with van der Waals surface area (Å²) < 4.78 is 69.0. The summed E-state index contributed by atoms with van der Waals surface area (Å²) in [5.74, 6) is -3.71. The summed E-state index contributed by atoms with van der Waals surface area (Å²) in [5.41, 5.74) is 3.66. The zero-order chi connectivity index (χ0) is 28.4. The van der Waals surface area contributed by atoms with Gasteiger partial charge in [-0.1, -0.05) is 0 Å². The van der Waals surface area contributed by atoms with Crippen molar-refractivity contribution in [3.63, 3.8) is 0 Å². The van der Waals surface area contributed by atoms with Gasteiger partial charge in [-0.05, 0) is 58.3 Å². The van der Waals surface area contributed by atoms with Gasteiger partial charge in [-0.25, -0.2) is 9.59 Å². The molecule has 2 aromatic rings. The highest BCUT2D eigenvalue weighted by Crippen LogP contribution is 2.21. The van der Waals surface area contributed by atoms with Crippen LogP contribution in [-0.2, 0) is 22.7 Å². The fourth-order valence-corrected chi connectivity index (χ4v) is 3.65. The van der Waals surface area contributed by atoms with Gasteiger partial charge in [0, 0.05) is 30.9 Å². The number of aryl methyl sites for hydroxylation is 2. The van der Waals surface area contributed by atoms with E-state index in [9.17, 15) is 26.3 Å². The quantitative estimate of drug-likeness (QED) is 0.462. The Kier molecular flexibility index (Phi) is 12.1. The van der Waals surface area contributed by atoms with Crippen LogP contribution >= 0.6 is 0 Å². The first-order valence-corrected chi connectivity index (χ1v) is 11.0. The molecule has 0 saturated carbocycles. The molecule has 210 valence electrons. The molecular weight excluding hydrogens is 514 g/mol. The van der Waals surface area contributed by atoms with Crippen LogP contribution in [0, 0.1) is 19.8 Å². The van der Waals surface area contributed by atoms with Crippen LogP contribution in [0.15, 0.2) is 22.8 Å². The van der Waals surface area contributed by atoms with Crippen LogP contribution in [-0.4, -0.2) is 81.2 Å². The van der Waals surface area contributed by atoms with Gasteiger partial charge in [-0.2, -0.15) is 31.4 Å². The number of likely N-dealkylation sites (tertiary alicyclic amines) is 1. The van der Waals surface area contributed by atoms with Crippen LogP contribution in [0.5, 0.6) is 0 Å². The van der Waals surface area contributed by atoms with Crippen molar-refractivity contribution in [2.24, 2.45) is 5.92 Å². The molecule has 1 unspecified atom stereocenters. The van der Waals surface area contributed by atoms with Crippen molar-refractivity contribution in [3.05, 3.63) is 41.1 Å². The lowest BCUT2D eigenvalue weighted by molar-refractivity contribution is -0.193. The summed E-state index contributed by atoms with van der Waals surface area (Å²) in [6.07, 6.45) is -5.80. The Labute approximate surface area is 209 Å². The molecule has 1 saturated heterocycles. The van der Waals surface area contributed by atoms with E-state index in [1.54, 1.807) is 6.26 Å². The number of rotatable bonds is 6. The number of hydrogen-bond acceptors (Lipinski definition) is 6. The van der Waals surface area contributed by atoms with Crippen molar-refractivity contribution in [2.45, 2.75) is 52.1 Å². The minimum absolute atomic E-state index is 0.733. The smallest absolute Gasteiger partial charge is 0.475 e. The van der Waals surface area contributed by atoms with Crippen LogP contribution < -0.4 is 0 Å². The Morgan fingerprint density at radius 2 is 1.73 bits per heavy atom. The molecule has 1 aliphatic rings. The Balaban J connectivity index is 0.000000404. The lowest BCUT2D eigenvalue weighted by Crippen LogP contribution is -2.39. The predicted molar refractivity (Wildman–Crippen MR) is 118 cm³/mol. The highest BCUT2D eigenvalue weighted by atomic mass is 19.4. The maximum atomic E-state index is 10.6. The number of hydrogen-bond donors (Lipinski definition) is 3. The number of furan rings is 1. The van der Waals surface area contributed by atoms with Crippen molar-refractivity contribution >= 4 is 11.9 Å². The zero-order valence-electron chi connectivity index (χ0n) is 20.5. The highest BCUT2D eigenvalue weighted by molar-refractivity contribution is 5.73. The normalized spacial score (nSPS) is 16.4. The van der Waals surface area contributed by atoms with Crippen LogP contribution in [0.3, 0.4) is 0 Å². The lowest BCUT2D eigenvalue weighted by atomic mass is 9.97. The molecule has 1 aliphatic heterocycles. The topological polar surface area (TPSA) is 123 Å². The van der Waals surface area contributed by atoms with E-state index in [4.69, 9.17) is 24.2 Å². The fourth-order valence-electron chi connectivity index (χ4n) is 3.65. The van der Waals surface area contributed by atoms with Crippen LogP contribution in [0.25, 0.3) is 0 Å². The monoisotopic (exact) mass is 544 g/mol. The maximum Gasteiger partial charge on any atom is 0.490 e. The second-order valence-electron chi connectivity index (χ2n) is 8.54. The van der Waals surface area contributed by atoms with Gasteiger partial charge in [0.1, 0.15) is 5.76 Å². The number of piperidine rings is 1. The Morgan fingerprint density at radius 3 is 2.16 bits per heavy atom. The summed E-state index contributed by atoms with van der Waals surface area (Å²) in [5, 5.41) is 21.6. The number of aliphatic carboxylic acids is 2. The molecule has 0 aliphatic carbocycles. The molecule has 0 spiro atoms. The third-order valence-corrected chi connectivity index (χ3v) is 5.33. The van der Waals surface area contributed by atoms with Gasteiger partial charge in [-0.15, -0.1) is 0 Å². The first-order chi connectivity index (χ1) is 17.0. The number of aromatic nitrogens is 2. The van der Waals surface area contributed by atoms with E-state index in [1.807, 2.05) is 6.07 Å². The lowest BCUT2D eigenvalue weighted by Gasteiger charge is -2.34. The number of carbonyl (C=O) groups is 2. The number of alkyl halides is 6. The number of carboxylic acids is 2. The minimum Gasteiger partial charge on any atom is -0.475 e. The second kappa shape index (κ2) is 14.0. The first-order valence-electron chi connectivity index (χ1n) is 11.0. The summed E-state index contributed by atoms with van der Waals surface area (Å²) in [7, 11) is 2.22. The van der Waals surface area contributed by atoms with Crippen LogP contribution in [0.2, 0.25) is 0 Å². The molecule has 3 heterocycles. The van der Waals surface area contributed by atoms with E-state index in [0.29, 0.717) is 0 Å². The molecule has 2 aromatic heterocycles. The van der Waals surface area contributed by atoms with Gasteiger partial charge < -0.3 is 19.5 Å². The van der Waals surface area contributed by atoms with E-state index >= 15 is 0 Å². The number of halogens is 6. The summed E-state index contributed by atoms with van der Waals surface area (Å²) in [6.45, 7) is 9.58. The summed E-state index contributed by atoms with van der Waals surface area (Å²) in [4.78, 5) is 22.8. The maximum absolute atomic E-state index is 10.6. The van der Waals surface area contributed by atoms with Crippen molar-refractivity contribution in [1.82, 2.24) is 20.0 Å². The van der Waals surface area contributed by atoms with Gasteiger partial charge in [0.2, 0.25) is 0 Å². The number of nitrogens with zero attached hydrogens (tertiary/aromatic N) is 3. The number of carboxylic acid groups (broad SMARTS) is 2. The number of H-pyrrole nitrogens is 1. The molecular formula is C22H30F6N4O5. The van der Waals surface area contributed by atoms with Crippen molar-refractivity contribution in [2.75, 3.05) is 26.7 Å². The molecule has 9 nitrogen and oxygen atoms in total. The number of aromatic amines is 1. The van der Waals surface area contributed by atoms with E-state index in [0.717, 1.165) is 43.6 Å². The fraction of sp³-hybridized carbons (Fsp3) is 0.591. The zero-order valence-corrected chi connectivity index (χ0v) is 20.5. The molecule has 3 N–H and O–H groups in total. The first kappa shape index (κ1) is 32.0. The van der Waals surface area contributed by atoms with Crippen molar-refractivity contribution in [1.29, 1.82) is 0 Å². The largest absolute Gasteiger partial charge is 0.490 e. The van der Waals surface area contributed by atoms with Crippen molar-refractivity contribution < 1.29 is 50.6 Å². The van der Waals surface area contributed by atoms with Gasteiger partial charge >= 0.3 is 24.3 Å². The summed E-state index contributed by atoms with van der Waals surface area (Å²) in [6, 6.07) is 4.04. The molecule has 0 bridgehead atoms. The van der Waals surface area contributed by atoms with Crippen LogP contribution in [0.4, 0.5) is 26.3 Å². The van der Waals surface area contributed by atoms with E-state index in [-0.39, 0.29) is 0 Å². The van der Waals surface area contributed by atoms with Crippen LogP contribution in [0.1, 0.15) is 35.6 Å². The van der Waals surface area contributed by atoms with Gasteiger partial charge in [0.05, 0.1) is 18.5 Å². The molecule has 37 heavy (non-hydrogen) atoms. The third kappa shape index (κ3) is 12.1.